The van der Waals surface area contributed by atoms with Gasteiger partial charge < -0.3 is 15.0 Å². The summed E-state index contributed by atoms with van der Waals surface area (Å²) in [5.74, 6) is 0.131. The van der Waals surface area contributed by atoms with E-state index in [2.05, 4.69) is 5.32 Å². The Morgan fingerprint density at radius 1 is 0.822 bits per heavy atom. The van der Waals surface area contributed by atoms with Crippen LogP contribution in [0.1, 0.15) is 31.4 Å². The Balaban J connectivity index is 1.75. The fourth-order valence-corrected chi connectivity index (χ4v) is 6.67. The molecule has 0 spiro atoms. The minimum Gasteiger partial charge on any atom is -0.457 e. The number of anilines is 1. The van der Waals surface area contributed by atoms with Crippen LogP contribution < -0.4 is 14.4 Å². The van der Waals surface area contributed by atoms with Crippen LogP contribution in [0.4, 0.5) is 5.69 Å². The van der Waals surface area contributed by atoms with Crippen LogP contribution in [-0.2, 0) is 26.2 Å². The maximum atomic E-state index is 14.2. The van der Waals surface area contributed by atoms with Crippen LogP contribution in [0.25, 0.3) is 0 Å². The number of sulfonamides is 1. The molecule has 45 heavy (non-hydrogen) atoms. The Bertz CT molecular complexity index is 1700. The second-order valence-corrected chi connectivity index (χ2v) is 13.0. The fourth-order valence-electron chi connectivity index (χ4n) is 4.74. The van der Waals surface area contributed by atoms with Gasteiger partial charge in [0.2, 0.25) is 11.8 Å². The molecule has 0 saturated heterocycles. The normalized spacial score (nSPS) is 11.8. The lowest BCUT2D eigenvalue weighted by Crippen LogP contribution is -2.52. The van der Waals surface area contributed by atoms with E-state index in [4.69, 9.17) is 27.9 Å². The monoisotopic (exact) mass is 667 g/mol. The van der Waals surface area contributed by atoms with Crippen LogP contribution in [-0.4, -0.2) is 44.3 Å². The van der Waals surface area contributed by atoms with Gasteiger partial charge in [0.05, 0.1) is 10.6 Å². The molecule has 0 radical (unpaired) electrons. The van der Waals surface area contributed by atoms with Gasteiger partial charge in [-0.2, -0.15) is 0 Å². The summed E-state index contributed by atoms with van der Waals surface area (Å²) in [5, 5.41) is 3.42. The van der Waals surface area contributed by atoms with E-state index in [9.17, 15) is 18.0 Å². The molecule has 1 atom stereocenters. The zero-order valence-corrected chi connectivity index (χ0v) is 27.6. The summed E-state index contributed by atoms with van der Waals surface area (Å²) in [5.41, 5.74) is 1.58. The van der Waals surface area contributed by atoms with Gasteiger partial charge in [0.1, 0.15) is 24.1 Å². The highest BCUT2D eigenvalue weighted by Gasteiger charge is 2.34. The van der Waals surface area contributed by atoms with Crippen molar-refractivity contribution in [2.24, 2.45) is 0 Å². The molecule has 0 aliphatic rings. The number of carbonyl (C=O) groups is 2. The highest BCUT2D eigenvalue weighted by atomic mass is 35.5. The number of carbonyl (C=O) groups excluding carboxylic acids is 2. The van der Waals surface area contributed by atoms with Crippen LogP contribution in [0.3, 0.4) is 0 Å². The molecular formula is C34H35Cl2N3O5S. The number of halogens is 2. The maximum absolute atomic E-state index is 14.2. The van der Waals surface area contributed by atoms with Gasteiger partial charge in [0.25, 0.3) is 10.0 Å². The lowest BCUT2D eigenvalue weighted by molar-refractivity contribution is -0.140. The maximum Gasteiger partial charge on any atom is 0.264 e. The van der Waals surface area contributed by atoms with Gasteiger partial charge in [0, 0.05) is 28.7 Å². The van der Waals surface area contributed by atoms with Gasteiger partial charge in [-0.3, -0.25) is 13.9 Å². The van der Waals surface area contributed by atoms with Crippen molar-refractivity contribution in [1.29, 1.82) is 0 Å². The smallest absolute Gasteiger partial charge is 0.264 e. The second-order valence-electron chi connectivity index (χ2n) is 10.3. The molecule has 0 bridgehead atoms. The Kier molecular flexibility index (Phi) is 11.5. The quantitative estimate of drug-likeness (QED) is 0.162. The molecule has 4 aromatic rings. The minimum atomic E-state index is -4.23. The van der Waals surface area contributed by atoms with Crippen molar-refractivity contribution < 1.29 is 22.7 Å². The fraction of sp³-hybridized carbons (Fsp3) is 0.235. The number of hydrogen-bond acceptors (Lipinski definition) is 5. The molecule has 0 aliphatic heterocycles. The van der Waals surface area contributed by atoms with Gasteiger partial charge in [0.15, 0.2) is 0 Å². The summed E-state index contributed by atoms with van der Waals surface area (Å²) >= 11 is 12.9. The molecule has 0 saturated carbocycles. The van der Waals surface area contributed by atoms with Crippen molar-refractivity contribution in [3.05, 3.63) is 118 Å². The number of likely N-dealkylation sites (N-methyl/N-ethyl adjacent to an activating group) is 1. The van der Waals surface area contributed by atoms with E-state index in [0.717, 1.165) is 9.87 Å². The van der Waals surface area contributed by atoms with Gasteiger partial charge >= 0.3 is 0 Å². The molecule has 1 N–H and O–H groups in total. The Labute approximate surface area is 274 Å². The van der Waals surface area contributed by atoms with Crippen molar-refractivity contribution in [1.82, 2.24) is 10.2 Å². The van der Waals surface area contributed by atoms with Crippen LogP contribution >= 0.6 is 23.2 Å². The number of hydrogen-bond donors (Lipinski definition) is 1. The average Bonchev–Trinajstić information content (AvgIpc) is 3.02. The van der Waals surface area contributed by atoms with E-state index >= 15 is 0 Å². The summed E-state index contributed by atoms with van der Waals surface area (Å²) in [6, 6.07) is 26.0. The molecule has 11 heteroatoms. The Morgan fingerprint density at radius 2 is 1.42 bits per heavy atom. The third-order valence-electron chi connectivity index (χ3n) is 7.12. The van der Waals surface area contributed by atoms with E-state index in [-0.39, 0.29) is 29.5 Å². The van der Waals surface area contributed by atoms with Crippen LogP contribution in [0.15, 0.2) is 102 Å². The lowest BCUT2D eigenvalue weighted by Gasteiger charge is -2.33. The summed E-state index contributed by atoms with van der Waals surface area (Å²) in [6.45, 7) is 5.08. The van der Waals surface area contributed by atoms with Gasteiger partial charge in [-0.1, -0.05) is 72.1 Å². The van der Waals surface area contributed by atoms with Crippen LogP contribution in [0, 0.1) is 6.92 Å². The number of benzene rings is 4. The molecule has 0 unspecified atom stereocenters. The number of ether oxygens (including phenoxy) is 1. The molecule has 0 heterocycles. The number of nitrogens with zero attached hydrogens (tertiary/aromatic N) is 2. The van der Waals surface area contributed by atoms with Crippen molar-refractivity contribution in [3.8, 4) is 11.5 Å². The SMILES string of the molecule is CCNC(=O)[C@@H](CC)N(Cc1c(Cl)cccc1Cl)C(=O)CN(c1ccc(Oc2ccccc2)cc1)S(=O)(=O)c1ccc(C)cc1. The number of amides is 2. The third-order valence-corrected chi connectivity index (χ3v) is 9.61. The second kappa shape index (κ2) is 15.3. The predicted molar refractivity (Wildman–Crippen MR) is 178 cm³/mol. The average molecular weight is 669 g/mol. The zero-order valence-electron chi connectivity index (χ0n) is 25.2. The Hall–Kier alpha value is -4.05. The highest BCUT2D eigenvalue weighted by Crippen LogP contribution is 2.30. The molecule has 4 aromatic carbocycles. The van der Waals surface area contributed by atoms with Gasteiger partial charge in [-0.15, -0.1) is 0 Å². The predicted octanol–water partition coefficient (Wildman–Crippen LogP) is 7.23. The molecule has 2 amide bonds. The largest absolute Gasteiger partial charge is 0.457 e. The van der Waals surface area contributed by atoms with Gasteiger partial charge in [-0.05, 0) is 80.9 Å². The van der Waals surface area contributed by atoms with Crippen molar-refractivity contribution >= 4 is 50.7 Å². The minimum absolute atomic E-state index is 0.0157. The van der Waals surface area contributed by atoms with E-state index < -0.39 is 28.5 Å². The molecule has 4 rings (SSSR count). The summed E-state index contributed by atoms with van der Waals surface area (Å²) in [6.07, 6.45) is 0.274. The summed E-state index contributed by atoms with van der Waals surface area (Å²) < 4.78 is 35.2. The topological polar surface area (TPSA) is 96.0 Å². The third kappa shape index (κ3) is 8.36. The number of nitrogens with one attached hydrogen (secondary N) is 1. The van der Waals surface area contributed by atoms with Gasteiger partial charge in [-0.25, -0.2) is 8.42 Å². The first-order valence-electron chi connectivity index (χ1n) is 14.5. The molecule has 0 fully saturated rings. The standard InChI is InChI=1S/C34H35Cl2N3O5S/c1-4-32(34(41)37-5-2)38(22-29-30(35)12-9-13-31(29)36)33(40)23-39(45(42,43)28-20-14-24(3)15-21-28)25-16-18-27(19-17-25)44-26-10-7-6-8-11-26/h6-21,32H,4-5,22-23H2,1-3H3,(H,37,41)/t32-/m1/s1. The number of para-hydroxylation sites is 1. The van der Waals surface area contributed by atoms with E-state index in [0.29, 0.717) is 33.7 Å². The Morgan fingerprint density at radius 3 is 2.00 bits per heavy atom. The zero-order chi connectivity index (χ0) is 32.6. The van der Waals surface area contributed by atoms with E-state index in [1.165, 1.54) is 17.0 Å². The molecule has 0 aromatic heterocycles. The molecule has 0 aliphatic carbocycles. The van der Waals surface area contributed by atoms with E-state index in [1.807, 2.05) is 25.1 Å². The van der Waals surface area contributed by atoms with Crippen molar-refractivity contribution in [3.63, 3.8) is 0 Å². The first kappa shape index (κ1) is 33.8. The first-order chi connectivity index (χ1) is 21.5. The van der Waals surface area contributed by atoms with Crippen LogP contribution in [0.5, 0.6) is 11.5 Å². The van der Waals surface area contributed by atoms with Crippen molar-refractivity contribution in [2.45, 2.75) is 44.7 Å². The first-order valence-corrected chi connectivity index (χ1v) is 16.7. The molecular weight excluding hydrogens is 633 g/mol. The highest BCUT2D eigenvalue weighted by molar-refractivity contribution is 7.92. The molecule has 8 nitrogen and oxygen atoms in total. The lowest BCUT2D eigenvalue weighted by atomic mass is 10.1. The summed E-state index contributed by atoms with van der Waals surface area (Å²) in [7, 11) is -4.23. The van der Waals surface area contributed by atoms with Crippen molar-refractivity contribution in [2.75, 3.05) is 17.4 Å². The van der Waals surface area contributed by atoms with Crippen LogP contribution in [0.2, 0.25) is 10.0 Å². The number of rotatable bonds is 13. The summed E-state index contributed by atoms with van der Waals surface area (Å²) in [4.78, 5) is 28.7. The molecule has 236 valence electrons. The van der Waals surface area contributed by atoms with E-state index in [1.54, 1.807) is 80.6 Å². The number of aryl methyl sites for hydroxylation is 1.